The molecule has 11 heteroatoms. The molecule has 0 atom stereocenters. The second-order valence-electron chi connectivity index (χ2n) is 8.17. The Kier molecular flexibility index (Phi) is 7.80. The van der Waals surface area contributed by atoms with Crippen LogP contribution < -0.4 is 20.5 Å². The maximum atomic E-state index is 14.6. The number of amidine groups is 1. The molecule has 4 aromatic rings. The fourth-order valence-corrected chi connectivity index (χ4v) is 3.57. The molecule has 0 spiro atoms. The molecule has 0 saturated heterocycles. The smallest absolute Gasteiger partial charge is 0.341 e. The van der Waals surface area contributed by atoms with Crippen LogP contribution in [0.4, 0.5) is 14.5 Å². The Morgan fingerprint density at radius 1 is 0.897 bits per heavy atom. The molecule has 0 aliphatic carbocycles. The summed E-state index contributed by atoms with van der Waals surface area (Å²) in [5.41, 5.74) is 7.69. The van der Waals surface area contributed by atoms with Gasteiger partial charge in [0.25, 0.3) is 11.8 Å². The maximum absolute atomic E-state index is 14.6. The molecule has 0 bridgehead atoms. The number of carbonyl (C=O) groups excluding carboxylic acids is 2. The van der Waals surface area contributed by atoms with E-state index in [9.17, 15) is 18.4 Å². The zero-order valence-electron chi connectivity index (χ0n) is 20.7. The van der Waals surface area contributed by atoms with Crippen molar-refractivity contribution in [3.05, 3.63) is 95.6 Å². The number of nitrogens with two attached hydrogens (primary N) is 1. The Hall–Kier alpha value is -5.32. The molecule has 0 aliphatic rings. The largest absolute Gasteiger partial charge is 0.465 e. The van der Waals surface area contributed by atoms with Gasteiger partial charge in [0.2, 0.25) is 5.91 Å². The lowest BCUT2D eigenvalue weighted by Crippen LogP contribution is -2.10. The van der Waals surface area contributed by atoms with Crippen LogP contribution in [0.1, 0.15) is 22.8 Å². The van der Waals surface area contributed by atoms with E-state index in [2.05, 4.69) is 10.3 Å². The van der Waals surface area contributed by atoms with E-state index in [1.165, 1.54) is 25.1 Å². The van der Waals surface area contributed by atoms with E-state index in [0.717, 1.165) is 12.7 Å². The number of anilines is 1. The Balaban J connectivity index is 1.64. The van der Waals surface area contributed by atoms with Crippen LogP contribution in [0.25, 0.3) is 11.1 Å². The SMILES string of the molecule is COC(=O)c1cc(NC(C)=O)ccc1Oc1nc(Oc2cccc(-c3cccc(C(=N)N)c3)c2)c(F)cc1F. The molecule has 39 heavy (non-hydrogen) atoms. The monoisotopic (exact) mass is 532 g/mol. The number of halogens is 2. The van der Waals surface area contributed by atoms with Crippen molar-refractivity contribution in [3.8, 4) is 34.4 Å². The van der Waals surface area contributed by atoms with Crippen LogP contribution in [0.15, 0.2) is 72.8 Å². The summed E-state index contributed by atoms with van der Waals surface area (Å²) >= 11 is 0. The minimum atomic E-state index is -1.14. The zero-order valence-corrected chi connectivity index (χ0v) is 20.7. The second-order valence-corrected chi connectivity index (χ2v) is 8.17. The van der Waals surface area contributed by atoms with Gasteiger partial charge in [0.1, 0.15) is 22.9 Å². The first-order valence-electron chi connectivity index (χ1n) is 11.4. The molecular formula is C28H22F2N4O5. The van der Waals surface area contributed by atoms with Crippen LogP contribution >= 0.6 is 0 Å². The highest BCUT2D eigenvalue weighted by molar-refractivity contribution is 5.96. The van der Waals surface area contributed by atoms with Gasteiger partial charge in [0, 0.05) is 24.2 Å². The van der Waals surface area contributed by atoms with Crippen LogP contribution in [-0.2, 0) is 9.53 Å². The molecule has 0 radical (unpaired) electrons. The van der Waals surface area contributed by atoms with Crippen molar-refractivity contribution in [2.75, 3.05) is 12.4 Å². The molecule has 1 heterocycles. The summed E-state index contributed by atoms with van der Waals surface area (Å²) in [7, 11) is 1.14. The van der Waals surface area contributed by atoms with Gasteiger partial charge in [-0.1, -0.05) is 30.3 Å². The third-order valence-electron chi connectivity index (χ3n) is 5.33. The van der Waals surface area contributed by atoms with E-state index in [1.54, 1.807) is 42.5 Å². The second kappa shape index (κ2) is 11.4. The van der Waals surface area contributed by atoms with Gasteiger partial charge in [-0.15, -0.1) is 0 Å². The lowest BCUT2D eigenvalue weighted by molar-refractivity contribution is -0.114. The van der Waals surface area contributed by atoms with Gasteiger partial charge in [-0.2, -0.15) is 4.98 Å². The standard InChI is InChI=1S/C28H22F2N4O5/c1-15(35)33-19-9-10-24(21(13-19)28(36)37-2)39-27-23(30)14-22(29)26(34-27)38-20-8-4-6-17(12-20)16-5-3-7-18(11-16)25(31)32/h3-14H,1-2H3,(H3,31,32)(H,33,35). The van der Waals surface area contributed by atoms with Gasteiger partial charge >= 0.3 is 5.97 Å². The third-order valence-corrected chi connectivity index (χ3v) is 5.33. The average molecular weight is 533 g/mol. The van der Waals surface area contributed by atoms with Gasteiger partial charge in [-0.05, 0) is 47.5 Å². The lowest BCUT2D eigenvalue weighted by Gasteiger charge is -2.13. The van der Waals surface area contributed by atoms with Crippen LogP contribution in [0.2, 0.25) is 0 Å². The highest BCUT2D eigenvalue weighted by Gasteiger charge is 2.20. The topological polar surface area (TPSA) is 137 Å². The first-order chi connectivity index (χ1) is 18.6. The van der Waals surface area contributed by atoms with E-state index >= 15 is 0 Å². The molecule has 3 aromatic carbocycles. The quantitative estimate of drug-likeness (QED) is 0.152. The van der Waals surface area contributed by atoms with Gasteiger partial charge in [-0.25, -0.2) is 13.6 Å². The summed E-state index contributed by atoms with van der Waals surface area (Å²) < 4.78 is 45.1. The minimum absolute atomic E-state index is 0.0884. The molecule has 1 aromatic heterocycles. The summed E-state index contributed by atoms with van der Waals surface area (Å²) in [5, 5.41) is 10.1. The van der Waals surface area contributed by atoms with Crippen LogP contribution in [-0.4, -0.2) is 29.8 Å². The normalized spacial score (nSPS) is 10.5. The summed E-state index contributed by atoms with van der Waals surface area (Å²) in [6.45, 7) is 1.29. The number of rotatable bonds is 8. The predicted molar refractivity (Wildman–Crippen MR) is 139 cm³/mol. The number of pyridine rings is 1. The van der Waals surface area contributed by atoms with Crippen LogP contribution in [0.5, 0.6) is 23.3 Å². The van der Waals surface area contributed by atoms with Gasteiger partial charge in [-0.3, -0.25) is 10.2 Å². The van der Waals surface area contributed by atoms with Crippen molar-refractivity contribution in [1.29, 1.82) is 5.41 Å². The van der Waals surface area contributed by atoms with E-state index in [4.69, 9.17) is 25.4 Å². The number of ether oxygens (including phenoxy) is 3. The van der Waals surface area contributed by atoms with Crippen LogP contribution in [0.3, 0.4) is 0 Å². The van der Waals surface area contributed by atoms with Crippen molar-refractivity contribution in [2.45, 2.75) is 6.92 Å². The number of methoxy groups -OCH3 is 1. The number of carbonyl (C=O) groups is 2. The fourth-order valence-electron chi connectivity index (χ4n) is 3.57. The van der Waals surface area contributed by atoms with E-state index in [0.29, 0.717) is 17.2 Å². The number of nitrogens with zero attached hydrogens (tertiary/aromatic N) is 1. The molecule has 198 valence electrons. The first kappa shape index (κ1) is 26.7. The van der Waals surface area contributed by atoms with Crippen molar-refractivity contribution in [1.82, 2.24) is 4.98 Å². The Labute approximate surface area is 221 Å². The number of nitrogens with one attached hydrogen (secondary N) is 2. The predicted octanol–water partition coefficient (Wildman–Crippen LogP) is 5.64. The van der Waals surface area contributed by atoms with Crippen molar-refractivity contribution in [2.24, 2.45) is 5.73 Å². The summed E-state index contributed by atoms with van der Waals surface area (Å²) in [4.78, 5) is 27.5. The van der Waals surface area contributed by atoms with E-state index < -0.39 is 29.4 Å². The van der Waals surface area contributed by atoms with Gasteiger partial charge in [0.15, 0.2) is 11.6 Å². The van der Waals surface area contributed by atoms with Crippen molar-refractivity contribution < 1.29 is 32.6 Å². The van der Waals surface area contributed by atoms with Crippen molar-refractivity contribution >= 4 is 23.4 Å². The lowest BCUT2D eigenvalue weighted by atomic mass is 10.0. The number of nitrogen functional groups attached to an aromatic ring is 1. The fraction of sp³-hybridized carbons (Fsp3) is 0.0714. The Morgan fingerprint density at radius 3 is 2.23 bits per heavy atom. The summed E-state index contributed by atoms with van der Waals surface area (Å²) in [6.07, 6.45) is 0. The summed E-state index contributed by atoms with van der Waals surface area (Å²) in [5.74, 6) is -4.69. The number of amides is 1. The number of esters is 1. The number of benzene rings is 3. The minimum Gasteiger partial charge on any atom is -0.465 e. The Morgan fingerprint density at radius 2 is 1.56 bits per heavy atom. The molecule has 1 amide bonds. The molecular weight excluding hydrogens is 510 g/mol. The molecule has 0 unspecified atom stereocenters. The molecule has 4 rings (SSSR count). The van der Waals surface area contributed by atoms with Gasteiger partial charge in [0.05, 0.1) is 7.11 Å². The number of hydrogen-bond acceptors (Lipinski definition) is 7. The molecule has 4 N–H and O–H groups in total. The molecule has 9 nitrogen and oxygen atoms in total. The molecule has 0 aliphatic heterocycles. The maximum Gasteiger partial charge on any atom is 0.341 e. The third kappa shape index (κ3) is 6.34. The number of hydrogen-bond donors (Lipinski definition) is 3. The number of aromatic nitrogens is 1. The average Bonchev–Trinajstić information content (AvgIpc) is 2.91. The zero-order chi connectivity index (χ0) is 28.1. The van der Waals surface area contributed by atoms with Crippen LogP contribution in [0, 0.1) is 17.0 Å². The van der Waals surface area contributed by atoms with Gasteiger partial charge < -0.3 is 25.3 Å². The summed E-state index contributed by atoms with van der Waals surface area (Å²) in [6, 6.07) is 18.2. The van der Waals surface area contributed by atoms with E-state index in [-0.39, 0.29) is 34.5 Å². The molecule has 0 fully saturated rings. The Bertz CT molecular complexity index is 1590. The van der Waals surface area contributed by atoms with Crippen molar-refractivity contribution in [3.63, 3.8) is 0 Å². The highest BCUT2D eigenvalue weighted by Crippen LogP contribution is 2.33. The highest BCUT2D eigenvalue weighted by atomic mass is 19.1. The molecule has 0 saturated carbocycles. The first-order valence-corrected chi connectivity index (χ1v) is 11.4. The van der Waals surface area contributed by atoms with E-state index in [1.807, 2.05) is 6.07 Å².